The van der Waals surface area contributed by atoms with E-state index in [-0.39, 0.29) is 0 Å². The molecule has 0 saturated heterocycles. The van der Waals surface area contributed by atoms with Gasteiger partial charge in [0.1, 0.15) is 0 Å². The van der Waals surface area contributed by atoms with E-state index in [1.54, 1.807) is 0 Å². The monoisotopic (exact) mass is 204 g/mol. The quantitative estimate of drug-likeness (QED) is 0.732. The van der Waals surface area contributed by atoms with Gasteiger partial charge in [0.25, 0.3) is 0 Å². The minimum Gasteiger partial charge on any atom is -0.512 e. The number of hydrogen-bond acceptors (Lipinski definition) is 1. The van der Waals surface area contributed by atoms with Gasteiger partial charge in [-0.15, -0.1) is 0 Å². The molecule has 1 N–H and O–H groups in total. The summed E-state index contributed by atoms with van der Waals surface area (Å²) in [5.41, 5.74) is 2.51. The van der Waals surface area contributed by atoms with Crippen molar-refractivity contribution in [3.8, 4) is 0 Å². The van der Waals surface area contributed by atoms with Crippen LogP contribution in [0.1, 0.15) is 39.5 Å². The predicted octanol–water partition coefficient (Wildman–Crippen LogP) is 4.14. The van der Waals surface area contributed by atoms with Crippen LogP contribution in [0.4, 0.5) is 0 Å². The summed E-state index contributed by atoms with van der Waals surface area (Å²) in [5, 5.41) is 9.87. The fraction of sp³-hybridized carbons (Fsp3) is 0.571. The highest BCUT2D eigenvalue weighted by atomic mass is 16.3. The Hall–Kier alpha value is -0.980. The molecule has 2 rings (SSSR count). The Labute approximate surface area is 92.2 Å². The average molecular weight is 204 g/mol. The molecule has 2 aliphatic rings. The van der Waals surface area contributed by atoms with Crippen molar-refractivity contribution in [1.29, 1.82) is 0 Å². The van der Waals surface area contributed by atoms with Gasteiger partial charge in [-0.2, -0.15) is 0 Å². The Balaban J connectivity index is 2.08. The van der Waals surface area contributed by atoms with E-state index in [9.17, 15) is 5.11 Å². The lowest BCUT2D eigenvalue weighted by molar-refractivity contribution is 0.333. The number of unbranched alkanes of at least 4 members (excludes halogenated alkanes) is 1. The molecule has 0 aromatic carbocycles. The summed E-state index contributed by atoms with van der Waals surface area (Å²) >= 11 is 0. The minimum atomic E-state index is 0.301. The van der Waals surface area contributed by atoms with Crippen molar-refractivity contribution >= 4 is 0 Å². The van der Waals surface area contributed by atoms with Crippen molar-refractivity contribution in [3.63, 3.8) is 0 Å². The Morgan fingerprint density at radius 3 is 2.93 bits per heavy atom. The lowest BCUT2D eigenvalue weighted by atomic mass is 9.90. The highest BCUT2D eigenvalue weighted by Crippen LogP contribution is 2.40. The first-order valence-corrected chi connectivity index (χ1v) is 6.01. The van der Waals surface area contributed by atoms with Gasteiger partial charge in [-0.3, -0.25) is 0 Å². The van der Waals surface area contributed by atoms with Gasteiger partial charge >= 0.3 is 0 Å². The minimum absolute atomic E-state index is 0.301. The lowest BCUT2D eigenvalue weighted by Crippen LogP contribution is -2.07. The van der Waals surface area contributed by atoms with Gasteiger partial charge in [0, 0.05) is 5.92 Å². The number of rotatable bonds is 3. The molecule has 15 heavy (non-hydrogen) atoms. The topological polar surface area (TPSA) is 20.2 Å². The van der Waals surface area contributed by atoms with Crippen LogP contribution in [0.15, 0.2) is 35.1 Å². The summed E-state index contributed by atoms with van der Waals surface area (Å²) < 4.78 is 0. The molecule has 0 bridgehead atoms. The van der Waals surface area contributed by atoms with Gasteiger partial charge in [-0.05, 0) is 42.9 Å². The number of fused-ring (bicyclic) bond motifs is 1. The van der Waals surface area contributed by atoms with Crippen molar-refractivity contribution in [2.45, 2.75) is 39.5 Å². The zero-order valence-electron chi connectivity index (χ0n) is 9.66. The van der Waals surface area contributed by atoms with Crippen LogP contribution in [-0.2, 0) is 0 Å². The summed E-state index contributed by atoms with van der Waals surface area (Å²) in [4.78, 5) is 0. The Bertz CT molecular complexity index is 333. The molecule has 82 valence electrons. The average Bonchev–Trinajstić information content (AvgIpc) is 2.57. The van der Waals surface area contributed by atoms with E-state index >= 15 is 0 Å². The maximum absolute atomic E-state index is 9.87. The van der Waals surface area contributed by atoms with Crippen LogP contribution in [-0.4, -0.2) is 5.11 Å². The standard InChI is InChI=1S/C14H20O/c1-3-4-5-11-8-12-6-10(2)7-14(15)13(12)9-11/h6-8,11,13,15H,3-5,9H2,1-2H3. The fourth-order valence-electron chi connectivity index (χ4n) is 2.64. The Morgan fingerprint density at radius 1 is 1.40 bits per heavy atom. The molecule has 0 aliphatic heterocycles. The van der Waals surface area contributed by atoms with E-state index in [1.165, 1.54) is 30.4 Å². The number of hydrogen-bond donors (Lipinski definition) is 1. The molecular formula is C14H20O. The molecule has 2 unspecified atom stereocenters. The molecule has 0 saturated carbocycles. The zero-order valence-corrected chi connectivity index (χ0v) is 9.66. The molecule has 0 aromatic heterocycles. The lowest BCUT2D eigenvalue weighted by Gasteiger charge is -2.17. The summed E-state index contributed by atoms with van der Waals surface area (Å²) in [6.07, 6.45) is 11.4. The predicted molar refractivity (Wildman–Crippen MR) is 63.7 cm³/mol. The van der Waals surface area contributed by atoms with Crippen LogP contribution < -0.4 is 0 Å². The third-order valence-corrected chi connectivity index (χ3v) is 3.42. The third-order valence-electron chi connectivity index (χ3n) is 3.42. The van der Waals surface area contributed by atoms with Gasteiger partial charge in [0.15, 0.2) is 0 Å². The first-order valence-electron chi connectivity index (χ1n) is 6.01. The second kappa shape index (κ2) is 4.26. The van der Waals surface area contributed by atoms with Crippen LogP contribution in [0.2, 0.25) is 0 Å². The molecule has 1 heteroatoms. The maximum Gasteiger partial charge on any atom is 0.0999 e. The Kier molecular flexibility index (Phi) is 2.99. The van der Waals surface area contributed by atoms with Gasteiger partial charge in [0.2, 0.25) is 0 Å². The molecule has 0 radical (unpaired) electrons. The fourth-order valence-corrected chi connectivity index (χ4v) is 2.64. The highest BCUT2D eigenvalue weighted by Gasteiger charge is 2.29. The van der Waals surface area contributed by atoms with E-state index in [0.717, 1.165) is 6.42 Å². The Morgan fingerprint density at radius 2 is 2.20 bits per heavy atom. The van der Waals surface area contributed by atoms with E-state index < -0.39 is 0 Å². The maximum atomic E-state index is 9.87. The van der Waals surface area contributed by atoms with Gasteiger partial charge in [0.05, 0.1) is 5.76 Å². The molecule has 0 fully saturated rings. The third kappa shape index (κ3) is 2.17. The summed E-state index contributed by atoms with van der Waals surface area (Å²) in [6, 6.07) is 0. The van der Waals surface area contributed by atoms with Gasteiger partial charge in [-0.1, -0.05) is 31.9 Å². The molecule has 2 aliphatic carbocycles. The van der Waals surface area contributed by atoms with Gasteiger partial charge in [-0.25, -0.2) is 0 Å². The van der Waals surface area contributed by atoms with Crippen LogP contribution in [0, 0.1) is 11.8 Å². The number of allylic oxidation sites excluding steroid dienone is 5. The summed E-state index contributed by atoms with van der Waals surface area (Å²) in [6.45, 7) is 4.28. The molecule has 2 atom stereocenters. The van der Waals surface area contributed by atoms with Crippen molar-refractivity contribution in [1.82, 2.24) is 0 Å². The first-order chi connectivity index (χ1) is 7.20. The van der Waals surface area contributed by atoms with Crippen LogP contribution >= 0.6 is 0 Å². The zero-order chi connectivity index (χ0) is 10.8. The van der Waals surface area contributed by atoms with Crippen molar-refractivity contribution < 1.29 is 5.11 Å². The molecule has 0 spiro atoms. The van der Waals surface area contributed by atoms with Crippen LogP contribution in [0.25, 0.3) is 0 Å². The summed E-state index contributed by atoms with van der Waals surface area (Å²) in [7, 11) is 0. The van der Waals surface area contributed by atoms with Crippen molar-refractivity contribution in [2.24, 2.45) is 11.8 Å². The van der Waals surface area contributed by atoms with E-state index in [1.807, 2.05) is 13.0 Å². The van der Waals surface area contributed by atoms with Gasteiger partial charge < -0.3 is 5.11 Å². The second-order valence-corrected chi connectivity index (χ2v) is 4.81. The molecule has 0 aromatic rings. The van der Waals surface area contributed by atoms with Crippen molar-refractivity contribution in [2.75, 3.05) is 0 Å². The van der Waals surface area contributed by atoms with E-state index in [0.29, 0.717) is 17.6 Å². The largest absolute Gasteiger partial charge is 0.512 e. The SMILES string of the molecule is CCCCC1C=C2C=C(C)C=C(O)C2C1. The second-order valence-electron chi connectivity index (χ2n) is 4.81. The molecular weight excluding hydrogens is 184 g/mol. The molecule has 1 nitrogen and oxygen atoms in total. The number of aliphatic hydroxyl groups excluding tert-OH is 1. The van der Waals surface area contributed by atoms with E-state index in [2.05, 4.69) is 19.1 Å². The normalized spacial score (nSPS) is 29.3. The van der Waals surface area contributed by atoms with E-state index in [4.69, 9.17) is 0 Å². The summed E-state index contributed by atoms with van der Waals surface area (Å²) in [5.74, 6) is 1.55. The molecule has 0 amide bonds. The highest BCUT2D eigenvalue weighted by molar-refractivity contribution is 5.42. The number of aliphatic hydroxyl groups is 1. The van der Waals surface area contributed by atoms with Crippen LogP contribution in [0.3, 0.4) is 0 Å². The molecule has 0 heterocycles. The van der Waals surface area contributed by atoms with Crippen LogP contribution in [0.5, 0.6) is 0 Å². The first kappa shape index (κ1) is 10.5. The van der Waals surface area contributed by atoms with Crippen molar-refractivity contribution in [3.05, 3.63) is 35.1 Å². The smallest absolute Gasteiger partial charge is 0.0999 e.